The number of nitrogens with one attached hydrogen (secondary N) is 2. The second-order valence-electron chi connectivity index (χ2n) is 7.34. The highest BCUT2D eigenvalue weighted by Crippen LogP contribution is 2.37. The number of carbonyl (C=O) groups is 2. The Hall–Kier alpha value is -3.54. The average molecular weight is 423 g/mol. The maximum Gasteiger partial charge on any atom is 0.313 e. The predicted octanol–water partition coefficient (Wildman–Crippen LogP) is 4.16. The van der Waals surface area contributed by atoms with Gasteiger partial charge < -0.3 is 20.1 Å². The summed E-state index contributed by atoms with van der Waals surface area (Å²) in [5.41, 5.74) is 2.01. The summed E-state index contributed by atoms with van der Waals surface area (Å²) in [5.74, 6) is -0.236. The zero-order valence-electron chi connectivity index (χ0n) is 18.4. The highest BCUT2D eigenvalue weighted by molar-refractivity contribution is 6.39. The van der Waals surface area contributed by atoms with Crippen LogP contribution in [0, 0.1) is 6.92 Å². The summed E-state index contributed by atoms with van der Waals surface area (Å²) >= 11 is 0. The fourth-order valence-corrected chi connectivity index (χ4v) is 3.44. The number of carbonyl (C=O) groups excluding carboxylic acids is 2. The highest BCUT2D eigenvalue weighted by atomic mass is 16.5. The van der Waals surface area contributed by atoms with Crippen LogP contribution < -0.4 is 20.1 Å². The van der Waals surface area contributed by atoms with Gasteiger partial charge >= 0.3 is 11.8 Å². The van der Waals surface area contributed by atoms with Gasteiger partial charge in [-0.15, -0.1) is 13.2 Å². The molecule has 0 aliphatic carbocycles. The van der Waals surface area contributed by atoms with Crippen LogP contribution in [0.2, 0.25) is 0 Å². The molecular formula is C25H30N2O4. The Labute approximate surface area is 184 Å². The molecule has 6 nitrogen and oxygen atoms in total. The van der Waals surface area contributed by atoms with Gasteiger partial charge in [0.1, 0.15) is 0 Å². The first-order valence-electron chi connectivity index (χ1n) is 9.99. The number of rotatable bonds is 10. The molecule has 0 saturated heterocycles. The van der Waals surface area contributed by atoms with Crippen LogP contribution in [0.4, 0.5) is 5.69 Å². The van der Waals surface area contributed by atoms with Crippen LogP contribution in [0.3, 0.4) is 0 Å². The number of ether oxygens (including phenoxy) is 2. The lowest BCUT2D eigenvalue weighted by molar-refractivity contribution is -0.136. The maximum atomic E-state index is 12.5. The number of benzene rings is 2. The topological polar surface area (TPSA) is 76.7 Å². The summed E-state index contributed by atoms with van der Waals surface area (Å²) in [6, 6.07) is 12.9. The minimum atomic E-state index is -0.720. The van der Waals surface area contributed by atoms with Gasteiger partial charge in [-0.25, -0.2) is 0 Å². The number of allylic oxidation sites excluding steroid dienone is 2. The summed E-state index contributed by atoms with van der Waals surface area (Å²) in [4.78, 5) is 24.9. The van der Waals surface area contributed by atoms with Gasteiger partial charge in [0.15, 0.2) is 11.5 Å². The molecule has 31 heavy (non-hydrogen) atoms. The molecule has 0 saturated carbocycles. The monoisotopic (exact) mass is 422 g/mol. The van der Waals surface area contributed by atoms with Gasteiger partial charge in [-0.1, -0.05) is 35.9 Å². The van der Waals surface area contributed by atoms with Crippen LogP contribution in [-0.2, 0) is 15.0 Å². The minimum absolute atomic E-state index is 0.223. The summed E-state index contributed by atoms with van der Waals surface area (Å²) in [7, 11) is 3.15. The Kier molecular flexibility index (Phi) is 8.43. The summed E-state index contributed by atoms with van der Waals surface area (Å²) < 4.78 is 10.8. The largest absolute Gasteiger partial charge is 0.493 e. The lowest BCUT2D eigenvalue weighted by Gasteiger charge is -2.33. The molecule has 0 heterocycles. The van der Waals surface area contributed by atoms with Crippen molar-refractivity contribution in [2.75, 3.05) is 26.1 Å². The van der Waals surface area contributed by atoms with Crippen LogP contribution in [-0.4, -0.2) is 32.6 Å². The second-order valence-corrected chi connectivity index (χ2v) is 7.34. The molecule has 2 rings (SSSR count). The van der Waals surface area contributed by atoms with Crippen LogP contribution in [0.25, 0.3) is 0 Å². The summed E-state index contributed by atoms with van der Waals surface area (Å²) in [5, 5.41) is 5.39. The highest BCUT2D eigenvalue weighted by Gasteiger charge is 2.32. The fraction of sp³-hybridized carbons (Fsp3) is 0.280. The molecule has 0 bridgehead atoms. The van der Waals surface area contributed by atoms with Gasteiger partial charge in [0.05, 0.1) is 14.2 Å². The van der Waals surface area contributed by atoms with Crippen molar-refractivity contribution in [3.8, 4) is 11.5 Å². The smallest absolute Gasteiger partial charge is 0.313 e. The van der Waals surface area contributed by atoms with E-state index in [1.54, 1.807) is 38.5 Å². The van der Waals surface area contributed by atoms with Crippen molar-refractivity contribution < 1.29 is 19.1 Å². The molecule has 0 radical (unpaired) electrons. The molecule has 0 aliphatic heterocycles. The van der Waals surface area contributed by atoms with Gasteiger partial charge in [0.2, 0.25) is 0 Å². The normalized spacial score (nSPS) is 10.7. The molecule has 0 atom stereocenters. The van der Waals surface area contributed by atoms with Gasteiger partial charge in [-0.05, 0) is 49.6 Å². The van der Waals surface area contributed by atoms with E-state index in [4.69, 9.17) is 9.47 Å². The van der Waals surface area contributed by atoms with Gasteiger partial charge in [0, 0.05) is 17.6 Å². The number of methoxy groups -OCH3 is 2. The Balaban J connectivity index is 2.22. The van der Waals surface area contributed by atoms with Gasteiger partial charge in [-0.2, -0.15) is 0 Å². The van der Waals surface area contributed by atoms with Crippen molar-refractivity contribution in [3.05, 3.63) is 78.9 Å². The van der Waals surface area contributed by atoms with E-state index in [2.05, 4.69) is 23.8 Å². The third kappa shape index (κ3) is 5.98. The Morgan fingerprint density at radius 3 is 2.10 bits per heavy atom. The Morgan fingerprint density at radius 2 is 1.55 bits per heavy atom. The lowest BCUT2D eigenvalue weighted by atomic mass is 9.74. The molecule has 0 unspecified atom stereocenters. The third-order valence-electron chi connectivity index (χ3n) is 5.17. The molecule has 6 heteroatoms. The molecule has 0 spiro atoms. The Morgan fingerprint density at radius 1 is 0.935 bits per heavy atom. The molecule has 2 aromatic carbocycles. The summed E-state index contributed by atoms with van der Waals surface area (Å²) in [6.45, 7) is 9.92. The number of hydrogen-bond donors (Lipinski definition) is 2. The van der Waals surface area contributed by atoms with Crippen molar-refractivity contribution >= 4 is 17.5 Å². The van der Waals surface area contributed by atoms with E-state index in [1.165, 1.54) is 0 Å². The quantitative estimate of drug-likeness (QED) is 0.445. The third-order valence-corrected chi connectivity index (χ3v) is 5.17. The van der Waals surface area contributed by atoms with E-state index >= 15 is 0 Å². The lowest BCUT2D eigenvalue weighted by Crippen LogP contribution is -2.44. The molecular weight excluding hydrogens is 392 g/mol. The van der Waals surface area contributed by atoms with Crippen LogP contribution in [0.1, 0.15) is 24.0 Å². The van der Waals surface area contributed by atoms with E-state index < -0.39 is 17.2 Å². The second kappa shape index (κ2) is 11.0. The van der Waals surface area contributed by atoms with Crippen LogP contribution in [0.15, 0.2) is 67.8 Å². The number of aryl methyl sites for hydroxylation is 1. The van der Waals surface area contributed by atoms with Crippen molar-refractivity contribution in [2.24, 2.45) is 0 Å². The number of anilines is 1. The number of hydrogen-bond acceptors (Lipinski definition) is 4. The molecule has 0 aliphatic rings. The first kappa shape index (κ1) is 23.7. The van der Waals surface area contributed by atoms with E-state index in [1.807, 2.05) is 37.3 Å². The average Bonchev–Trinajstić information content (AvgIpc) is 2.78. The van der Waals surface area contributed by atoms with E-state index in [0.717, 1.165) is 11.1 Å². The molecule has 164 valence electrons. The molecule has 2 amide bonds. The number of amides is 2. The van der Waals surface area contributed by atoms with E-state index in [9.17, 15) is 9.59 Å². The standard InChI is InChI=1S/C25H30N2O4/c1-6-14-25(15-7-2,19-10-13-21(30-4)22(16-19)31-5)17-26-23(28)24(29)27-20-11-8-18(3)9-12-20/h6-13,16H,1-2,14-15,17H2,3-5H3,(H,26,28)(H,27,29). The summed E-state index contributed by atoms with van der Waals surface area (Å²) in [6.07, 6.45) is 4.71. The molecule has 2 aromatic rings. The van der Waals surface area contributed by atoms with Crippen molar-refractivity contribution in [1.29, 1.82) is 0 Å². The zero-order chi connectivity index (χ0) is 22.9. The van der Waals surface area contributed by atoms with Crippen molar-refractivity contribution in [1.82, 2.24) is 5.32 Å². The van der Waals surface area contributed by atoms with Gasteiger partial charge in [0.25, 0.3) is 0 Å². The molecule has 0 aromatic heterocycles. The van der Waals surface area contributed by atoms with Crippen LogP contribution in [0.5, 0.6) is 11.5 Å². The molecule has 2 N–H and O–H groups in total. The maximum absolute atomic E-state index is 12.5. The van der Waals surface area contributed by atoms with Crippen molar-refractivity contribution in [2.45, 2.75) is 25.2 Å². The van der Waals surface area contributed by atoms with Gasteiger partial charge in [-0.3, -0.25) is 9.59 Å². The fourth-order valence-electron chi connectivity index (χ4n) is 3.44. The Bertz CT molecular complexity index is 925. The SMILES string of the molecule is C=CCC(CC=C)(CNC(=O)C(=O)Nc1ccc(C)cc1)c1ccc(OC)c(OC)c1. The van der Waals surface area contributed by atoms with E-state index in [0.29, 0.717) is 30.0 Å². The first-order valence-corrected chi connectivity index (χ1v) is 9.99. The first-order chi connectivity index (χ1) is 14.9. The van der Waals surface area contributed by atoms with Crippen molar-refractivity contribution in [3.63, 3.8) is 0 Å². The zero-order valence-corrected chi connectivity index (χ0v) is 18.4. The predicted molar refractivity (Wildman–Crippen MR) is 124 cm³/mol. The molecule has 0 fully saturated rings. The minimum Gasteiger partial charge on any atom is -0.493 e. The van der Waals surface area contributed by atoms with Crippen LogP contribution >= 0.6 is 0 Å². The van der Waals surface area contributed by atoms with E-state index in [-0.39, 0.29) is 6.54 Å².